The summed E-state index contributed by atoms with van der Waals surface area (Å²) >= 11 is 0. The number of ketones is 1. The molecule has 8 rings (SSSR count). The lowest BCUT2D eigenvalue weighted by atomic mass is 9.47. The molecule has 5 aliphatic rings. The standard InChI is InChI=1S/C46H54N4O12/c1-7-34(54)36(55)27-22-45(41(56)60-5,37-29(14-18-48(23-27)24-51)28-12-9-10-13-32(28)47-37)31-20-30-33(21-35(31)59-4)50(25-52)39-44(30)16-19-49-17-11-15-43(8-2,38(44)49)40(62-26(3)53)46(39,58)42(57)61-6/h9-13,15,20-21,24-25,27,36,38-40,47,55,58H,7-8,14,16-19,22-23H2,1-6H3/t27-,36+,38-,39?,40+,43+,44+,45-,46-/m0/s1/i5D3. The van der Waals surface area contributed by atoms with Crippen molar-refractivity contribution >= 4 is 53.1 Å². The molecule has 16 nitrogen and oxygen atoms in total. The minimum absolute atomic E-state index is 0.0259. The quantitative estimate of drug-likeness (QED) is 0.110. The van der Waals surface area contributed by atoms with Gasteiger partial charge in [-0.3, -0.25) is 28.9 Å². The fourth-order valence-electron chi connectivity index (χ4n) is 12.4. The van der Waals surface area contributed by atoms with Crippen LogP contribution >= 0.6 is 0 Å². The van der Waals surface area contributed by atoms with E-state index in [1.165, 1.54) is 29.9 Å². The molecule has 5 heterocycles. The highest BCUT2D eigenvalue weighted by molar-refractivity contribution is 5.97. The van der Waals surface area contributed by atoms with Crippen molar-refractivity contribution < 1.29 is 62.0 Å². The number of anilines is 1. The van der Waals surface area contributed by atoms with Gasteiger partial charge in [-0.25, -0.2) is 4.79 Å². The van der Waals surface area contributed by atoms with Gasteiger partial charge >= 0.3 is 17.9 Å². The van der Waals surface area contributed by atoms with E-state index in [2.05, 4.69) is 9.88 Å². The molecule has 2 aromatic carbocycles. The molecule has 1 spiro atoms. The van der Waals surface area contributed by atoms with Crippen molar-refractivity contribution in [3.8, 4) is 5.75 Å². The third-order valence-corrected chi connectivity index (χ3v) is 14.7. The number of aliphatic hydroxyl groups excluding tert-OH is 1. The van der Waals surface area contributed by atoms with E-state index in [4.69, 9.17) is 23.1 Å². The molecule has 1 aromatic heterocycles. The van der Waals surface area contributed by atoms with E-state index in [1.807, 2.05) is 25.1 Å². The zero-order chi connectivity index (χ0) is 47.0. The molecular weight excluding hydrogens is 801 g/mol. The number of carbonyl (C=O) groups excluding carboxylic acids is 6. The normalized spacial score (nSPS) is 32.5. The minimum Gasteiger partial charge on any atom is -0.496 e. The fraction of sp³-hybridized carbons (Fsp3) is 0.522. The summed E-state index contributed by atoms with van der Waals surface area (Å²) in [5.41, 5.74) is -5.81. The van der Waals surface area contributed by atoms with Crippen LogP contribution in [0, 0.1) is 11.3 Å². The Kier molecular flexibility index (Phi) is 9.91. The Bertz CT molecular complexity index is 2490. The Balaban J connectivity index is 1.53. The molecule has 3 aromatic rings. The number of fused-ring (bicyclic) bond motifs is 4. The number of hydrogen-bond acceptors (Lipinski definition) is 13. The van der Waals surface area contributed by atoms with Gasteiger partial charge < -0.3 is 43.9 Å². The first kappa shape index (κ1) is 39.3. The number of esters is 3. The molecule has 1 saturated carbocycles. The van der Waals surface area contributed by atoms with Gasteiger partial charge in [0.15, 0.2) is 11.9 Å². The number of aromatic amines is 1. The van der Waals surface area contributed by atoms with Crippen LogP contribution in [0.15, 0.2) is 48.6 Å². The van der Waals surface area contributed by atoms with Crippen LogP contribution in [0.3, 0.4) is 0 Å². The summed E-state index contributed by atoms with van der Waals surface area (Å²) in [4.78, 5) is 91.2. The second-order valence-corrected chi connectivity index (χ2v) is 17.2. The van der Waals surface area contributed by atoms with Gasteiger partial charge in [0.05, 0.1) is 37.1 Å². The third kappa shape index (κ3) is 5.68. The molecule has 2 fully saturated rings. The highest BCUT2D eigenvalue weighted by atomic mass is 16.6. The maximum absolute atomic E-state index is 15.6. The number of H-pyrrole nitrogens is 1. The number of methoxy groups -OCH3 is 3. The topological polar surface area (TPSA) is 205 Å². The van der Waals surface area contributed by atoms with E-state index in [-0.39, 0.29) is 61.5 Å². The van der Waals surface area contributed by atoms with Gasteiger partial charge in [-0.2, -0.15) is 0 Å². The third-order valence-electron chi connectivity index (χ3n) is 14.7. The second kappa shape index (κ2) is 15.6. The molecule has 62 heavy (non-hydrogen) atoms. The maximum Gasteiger partial charge on any atom is 0.344 e. The van der Waals surface area contributed by atoms with Crippen molar-refractivity contribution in [1.29, 1.82) is 0 Å². The number of aromatic nitrogens is 1. The summed E-state index contributed by atoms with van der Waals surface area (Å²) in [7, 11) is -0.912. The highest BCUT2D eigenvalue weighted by Crippen LogP contribution is 2.68. The predicted octanol–water partition coefficient (Wildman–Crippen LogP) is 2.47. The van der Waals surface area contributed by atoms with Gasteiger partial charge in [0, 0.05) is 84.0 Å². The van der Waals surface area contributed by atoms with E-state index in [9.17, 15) is 34.2 Å². The van der Waals surface area contributed by atoms with Crippen molar-refractivity contribution in [3.05, 3.63) is 70.9 Å². The number of carbonyl (C=O) groups is 6. The van der Waals surface area contributed by atoms with E-state index in [1.54, 1.807) is 31.2 Å². The number of ether oxygens (including phenoxy) is 4. The SMILES string of the molecule is [2H]C([2H])([2H])OC(=O)[C@]1(c2cc3c(cc2OC)N(C=O)C2[C@]34CCN3CC=C[C@@](CC)([C@@H](OC(C)=O)[C@]2(O)C(=O)OC)[C@H]34)C[C@H]([C@@H](O)C(=O)CC)CN(C=O)CCc2c1[nH]c1ccccc21. The summed E-state index contributed by atoms with van der Waals surface area (Å²) < 4.78 is 47.8. The van der Waals surface area contributed by atoms with Crippen molar-refractivity contribution in [2.75, 3.05) is 52.3 Å². The number of hydrogen-bond donors (Lipinski definition) is 3. The van der Waals surface area contributed by atoms with Crippen molar-refractivity contribution in [3.63, 3.8) is 0 Å². The van der Waals surface area contributed by atoms with Crippen LogP contribution in [0.25, 0.3) is 10.9 Å². The molecule has 9 atom stereocenters. The Morgan fingerprint density at radius 1 is 1.03 bits per heavy atom. The molecule has 330 valence electrons. The van der Waals surface area contributed by atoms with Gasteiger partial charge in [0.25, 0.3) is 0 Å². The lowest BCUT2D eigenvalue weighted by molar-refractivity contribution is -0.228. The molecule has 4 aliphatic heterocycles. The van der Waals surface area contributed by atoms with Crippen molar-refractivity contribution in [1.82, 2.24) is 14.8 Å². The summed E-state index contributed by atoms with van der Waals surface area (Å²) in [6.45, 7) is 5.27. The van der Waals surface area contributed by atoms with Crippen LogP contribution in [0.1, 0.15) is 73.0 Å². The van der Waals surface area contributed by atoms with Crippen LogP contribution in [0.5, 0.6) is 5.75 Å². The number of aliphatic hydroxyl groups is 2. The average molecular weight is 858 g/mol. The predicted molar refractivity (Wildman–Crippen MR) is 223 cm³/mol. The van der Waals surface area contributed by atoms with Gasteiger partial charge in [-0.15, -0.1) is 0 Å². The first-order chi connectivity index (χ1) is 30.9. The lowest BCUT2D eigenvalue weighted by Gasteiger charge is -2.63. The van der Waals surface area contributed by atoms with E-state index in [0.717, 1.165) is 7.11 Å². The van der Waals surface area contributed by atoms with E-state index in [0.29, 0.717) is 47.9 Å². The van der Waals surface area contributed by atoms with Gasteiger partial charge in [-0.05, 0) is 55.5 Å². The maximum atomic E-state index is 15.6. The zero-order valence-corrected chi connectivity index (χ0v) is 35.3. The molecule has 1 aliphatic carbocycles. The summed E-state index contributed by atoms with van der Waals surface area (Å²) in [6, 6.07) is 8.12. The largest absolute Gasteiger partial charge is 0.496 e. The molecule has 1 unspecified atom stereocenters. The van der Waals surface area contributed by atoms with Crippen molar-refractivity contribution in [2.24, 2.45) is 11.3 Å². The van der Waals surface area contributed by atoms with E-state index >= 15 is 4.79 Å². The number of para-hydroxylation sites is 1. The smallest absolute Gasteiger partial charge is 0.344 e. The van der Waals surface area contributed by atoms with Crippen LogP contribution < -0.4 is 9.64 Å². The molecule has 1 saturated heterocycles. The van der Waals surface area contributed by atoms with Crippen LogP contribution in [0.4, 0.5) is 5.69 Å². The van der Waals surface area contributed by atoms with Gasteiger partial charge in [-0.1, -0.05) is 44.2 Å². The summed E-state index contributed by atoms with van der Waals surface area (Å²) in [5.74, 6) is -5.07. The van der Waals surface area contributed by atoms with Gasteiger partial charge in [0.2, 0.25) is 18.4 Å². The Morgan fingerprint density at radius 3 is 2.47 bits per heavy atom. The minimum atomic E-state index is -3.31. The summed E-state index contributed by atoms with van der Waals surface area (Å²) in [5, 5.41) is 25.8. The molecule has 0 bridgehead atoms. The molecular formula is C46H54N4O12. The number of rotatable bonds is 11. The van der Waals surface area contributed by atoms with Crippen LogP contribution in [0.2, 0.25) is 0 Å². The zero-order valence-electron chi connectivity index (χ0n) is 38.3. The first-order valence-electron chi connectivity index (χ1n) is 22.5. The monoisotopic (exact) mass is 857 g/mol. The second-order valence-electron chi connectivity index (χ2n) is 17.2. The average Bonchev–Trinajstić information content (AvgIpc) is 3.96. The van der Waals surface area contributed by atoms with Gasteiger partial charge in [0.1, 0.15) is 17.3 Å². The van der Waals surface area contributed by atoms with E-state index < -0.39 is 89.2 Å². The summed E-state index contributed by atoms with van der Waals surface area (Å²) in [6.07, 6.45) is 1.51. The highest BCUT2D eigenvalue weighted by Gasteiger charge is 2.81. The Morgan fingerprint density at radius 2 is 1.81 bits per heavy atom. The molecule has 16 heteroatoms. The number of nitrogens with one attached hydrogen (secondary N) is 1. The van der Waals surface area contributed by atoms with Crippen molar-refractivity contribution in [2.45, 2.75) is 93.6 Å². The Labute approximate surface area is 363 Å². The number of nitrogens with zero attached hydrogens (tertiary/aromatic N) is 3. The molecule has 3 N–H and O–H groups in total. The fourth-order valence-corrected chi connectivity index (χ4v) is 12.4. The Hall–Kier alpha value is -5.58. The van der Waals surface area contributed by atoms with Crippen LogP contribution in [-0.2, 0) is 60.2 Å². The lowest BCUT2D eigenvalue weighted by Crippen LogP contribution is -2.81. The van der Waals surface area contributed by atoms with Crippen LogP contribution in [-0.4, -0.2) is 139 Å². The number of Topliss-reactive ketones (excluding diaryl/α,β-unsaturated/α-hetero) is 1. The number of benzene rings is 2. The molecule has 0 radical (unpaired) electrons. The molecule has 2 amide bonds. The number of amides is 2. The first-order valence-corrected chi connectivity index (χ1v) is 21.0.